The standard InChI is InChI=1S/C6H11N2O7/c7-14-3(9)1-6(13,5(11)12)2-4(10)15-8/h13H,1-2H2,7-8H3/q+1/p+1. The third-order valence-electron chi connectivity index (χ3n) is 1.59. The van der Waals surface area contributed by atoms with Crippen LogP contribution in [-0.4, -0.2) is 33.7 Å². The van der Waals surface area contributed by atoms with E-state index in [1.165, 1.54) is 0 Å². The predicted molar refractivity (Wildman–Crippen MR) is 39.8 cm³/mol. The summed E-state index contributed by atoms with van der Waals surface area (Å²) in [5.74, 6) is 1.64. The molecule has 0 aromatic carbocycles. The fraction of sp³-hybridized carbons (Fsp3) is 0.500. The maximum absolute atomic E-state index is 10.7. The van der Waals surface area contributed by atoms with E-state index in [0.29, 0.717) is 0 Å². The molecule has 0 unspecified atom stereocenters. The molecule has 0 aromatic rings. The number of hydrogen-bond donors (Lipinski definition) is 4. The Morgan fingerprint density at radius 2 is 1.40 bits per heavy atom. The van der Waals surface area contributed by atoms with Crippen LogP contribution < -0.4 is 11.8 Å². The van der Waals surface area contributed by atoms with Crippen molar-refractivity contribution in [1.82, 2.24) is 0 Å². The molecule has 0 spiro atoms. The van der Waals surface area contributed by atoms with Crippen molar-refractivity contribution in [1.29, 1.82) is 0 Å². The molecule has 8 N–H and O–H groups in total. The maximum Gasteiger partial charge on any atom is 0.369 e. The van der Waals surface area contributed by atoms with Crippen molar-refractivity contribution < 1.29 is 46.1 Å². The Morgan fingerprint density at radius 1 is 1.07 bits per heavy atom. The van der Waals surface area contributed by atoms with Gasteiger partial charge in [0.05, 0.1) is 12.8 Å². The first-order chi connectivity index (χ1) is 6.85. The summed E-state index contributed by atoms with van der Waals surface area (Å²) < 4.78 is 0. The molecule has 0 amide bonds. The third kappa shape index (κ3) is 3.89. The molecule has 0 aliphatic heterocycles. The molecule has 0 rings (SSSR count). The van der Waals surface area contributed by atoms with Gasteiger partial charge < -0.3 is 10.2 Å². The Balaban J connectivity index is 4.67. The number of carbonyl (C=O) groups excluding carboxylic acids is 2. The summed E-state index contributed by atoms with van der Waals surface area (Å²) in [5.41, 5.74) is -2.57. The van der Waals surface area contributed by atoms with Gasteiger partial charge in [-0.3, -0.25) is 9.68 Å². The highest BCUT2D eigenvalue weighted by Crippen LogP contribution is 2.16. The fourth-order valence-electron chi connectivity index (χ4n) is 0.793. The molecular weight excluding hydrogens is 212 g/mol. The van der Waals surface area contributed by atoms with E-state index in [2.05, 4.69) is 21.5 Å². The number of aliphatic carboxylic acids is 1. The summed E-state index contributed by atoms with van der Waals surface area (Å²) in [6.07, 6.45) is -1.80. The molecule has 9 nitrogen and oxygen atoms in total. The molecule has 15 heavy (non-hydrogen) atoms. The van der Waals surface area contributed by atoms with E-state index in [1.54, 1.807) is 0 Å². The van der Waals surface area contributed by atoms with Crippen LogP contribution in [0, 0.1) is 0 Å². The van der Waals surface area contributed by atoms with Crippen LogP contribution in [0.25, 0.3) is 0 Å². The second kappa shape index (κ2) is 5.24. The molecule has 0 fully saturated rings. The molecule has 0 saturated heterocycles. The number of carboxylic acids is 1. The van der Waals surface area contributed by atoms with E-state index in [9.17, 15) is 19.5 Å². The molecule has 0 aliphatic rings. The minimum Gasteiger partial charge on any atom is -0.479 e. The molecule has 0 heterocycles. The van der Waals surface area contributed by atoms with Crippen LogP contribution in [0.1, 0.15) is 12.8 Å². The zero-order valence-corrected chi connectivity index (χ0v) is 7.76. The van der Waals surface area contributed by atoms with E-state index >= 15 is 0 Å². The Labute approximate surface area is 83.5 Å². The first kappa shape index (κ1) is 13.3. The first-order valence-corrected chi connectivity index (χ1v) is 3.71. The van der Waals surface area contributed by atoms with Gasteiger partial charge in [-0.1, -0.05) is 0 Å². The fourth-order valence-corrected chi connectivity index (χ4v) is 0.793. The SMILES string of the molecule is [NH3+]OC(=O)CC(O)(CC(=O)O[NH3+])C(=O)O. The molecule has 0 bridgehead atoms. The van der Waals surface area contributed by atoms with E-state index in [0.717, 1.165) is 0 Å². The predicted octanol–water partition coefficient (Wildman–Crippen LogP) is -4.02. The lowest BCUT2D eigenvalue weighted by Gasteiger charge is -2.18. The van der Waals surface area contributed by atoms with Crippen molar-refractivity contribution >= 4 is 17.9 Å². The summed E-state index contributed by atoms with van der Waals surface area (Å²) in [5, 5.41) is 18.0. The Bertz CT molecular complexity index is 259. The highest BCUT2D eigenvalue weighted by molar-refractivity contribution is 5.88. The second-order valence-corrected chi connectivity index (χ2v) is 2.72. The van der Waals surface area contributed by atoms with Crippen LogP contribution in [0.2, 0.25) is 0 Å². The van der Waals surface area contributed by atoms with Crippen molar-refractivity contribution in [3.8, 4) is 0 Å². The van der Waals surface area contributed by atoms with Gasteiger partial charge in [-0.15, -0.1) is 0 Å². The Kier molecular flexibility index (Phi) is 4.64. The molecule has 0 radical (unpaired) electrons. The number of quaternary nitrogens is 2. The van der Waals surface area contributed by atoms with Gasteiger partial charge >= 0.3 is 17.9 Å². The molecular formula is C6H12N2O7+2. The minimum atomic E-state index is -2.57. The Hall–Kier alpha value is -1.71. The molecule has 9 heteroatoms. The molecule has 0 aliphatic carbocycles. The maximum atomic E-state index is 10.7. The first-order valence-electron chi connectivity index (χ1n) is 3.71. The second-order valence-electron chi connectivity index (χ2n) is 2.72. The number of carbonyl (C=O) groups is 3. The normalized spacial score (nSPS) is 10.6. The van der Waals surface area contributed by atoms with Gasteiger partial charge in [0.2, 0.25) is 0 Å². The van der Waals surface area contributed by atoms with Crippen molar-refractivity contribution in [3.63, 3.8) is 0 Å². The molecule has 86 valence electrons. The minimum absolute atomic E-state index is 0.902. The quantitative estimate of drug-likeness (QED) is 0.345. The molecule has 0 aromatic heterocycles. The van der Waals surface area contributed by atoms with Crippen molar-refractivity contribution in [2.24, 2.45) is 0 Å². The number of hydrogen-bond acceptors (Lipinski definition) is 6. The van der Waals surface area contributed by atoms with Gasteiger partial charge in [-0.2, -0.15) is 11.8 Å². The lowest BCUT2D eigenvalue weighted by Crippen LogP contribution is -2.55. The topological polar surface area (TPSA) is 165 Å². The average molecular weight is 224 g/mol. The van der Waals surface area contributed by atoms with Crippen molar-refractivity contribution in [2.75, 3.05) is 0 Å². The largest absolute Gasteiger partial charge is 0.479 e. The Morgan fingerprint density at radius 3 is 1.60 bits per heavy atom. The van der Waals surface area contributed by atoms with Crippen LogP contribution in [0.5, 0.6) is 0 Å². The number of aliphatic hydroxyl groups is 1. The van der Waals surface area contributed by atoms with Crippen LogP contribution in [0.4, 0.5) is 0 Å². The van der Waals surface area contributed by atoms with Crippen molar-refractivity contribution in [3.05, 3.63) is 0 Å². The van der Waals surface area contributed by atoms with Gasteiger partial charge in [-0.05, 0) is 0 Å². The van der Waals surface area contributed by atoms with Crippen LogP contribution >= 0.6 is 0 Å². The summed E-state index contributed by atoms with van der Waals surface area (Å²) in [6.45, 7) is 0. The third-order valence-corrected chi connectivity index (χ3v) is 1.59. The van der Waals surface area contributed by atoms with Crippen LogP contribution in [0.3, 0.4) is 0 Å². The summed E-state index contributed by atoms with van der Waals surface area (Å²) in [7, 11) is 0. The monoisotopic (exact) mass is 224 g/mol. The van der Waals surface area contributed by atoms with Crippen molar-refractivity contribution in [2.45, 2.75) is 18.4 Å². The van der Waals surface area contributed by atoms with Gasteiger partial charge in [0.15, 0.2) is 5.60 Å². The van der Waals surface area contributed by atoms with Crippen LogP contribution in [-0.2, 0) is 24.1 Å². The lowest BCUT2D eigenvalue weighted by atomic mass is 9.96. The van der Waals surface area contributed by atoms with Crippen LogP contribution in [0.15, 0.2) is 0 Å². The summed E-state index contributed by atoms with van der Waals surface area (Å²) in [6, 6.07) is 0. The summed E-state index contributed by atoms with van der Waals surface area (Å²) >= 11 is 0. The smallest absolute Gasteiger partial charge is 0.369 e. The van der Waals surface area contributed by atoms with Gasteiger partial charge in [0, 0.05) is 0 Å². The van der Waals surface area contributed by atoms with E-state index < -0.39 is 36.4 Å². The van der Waals surface area contributed by atoms with E-state index in [4.69, 9.17) is 5.11 Å². The van der Waals surface area contributed by atoms with Gasteiger partial charge in [-0.25, -0.2) is 14.4 Å². The van der Waals surface area contributed by atoms with Gasteiger partial charge in [0.25, 0.3) is 0 Å². The highest BCUT2D eigenvalue weighted by atomic mass is 16.7. The molecule has 0 saturated carbocycles. The number of carboxylic acid groups (broad SMARTS) is 1. The average Bonchev–Trinajstić information content (AvgIpc) is 2.16. The van der Waals surface area contributed by atoms with Gasteiger partial charge in [0.1, 0.15) is 0 Å². The summed E-state index contributed by atoms with van der Waals surface area (Å²) in [4.78, 5) is 39.9. The highest BCUT2D eigenvalue weighted by Gasteiger charge is 2.42. The molecule has 0 atom stereocenters. The number of rotatable bonds is 5. The lowest BCUT2D eigenvalue weighted by molar-refractivity contribution is -0.658. The zero-order chi connectivity index (χ0) is 12.1. The van der Waals surface area contributed by atoms with E-state index in [-0.39, 0.29) is 0 Å². The zero-order valence-electron chi connectivity index (χ0n) is 7.76. The van der Waals surface area contributed by atoms with E-state index in [1.807, 2.05) is 0 Å².